The zero-order chi connectivity index (χ0) is 25.0. The molecule has 1 aliphatic heterocycles. The molecule has 0 spiro atoms. The molecule has 9 nitrogen and oxygen atoms in total. The van der Waals surface area contributed by atoms with Gasteiger partial charge in [0.2, 0.25) is 5.88 Å². The molecule has 0 saturated heterocycles. The predicted molar refractivity (Wildman–Crippen MR) is 138 cm³/mol. The van der Waals surface area contributed by atoms with E-state index in [1.165, 1.54) is 11.3 Å². The van der Waals surface area contributed by atoms with Gasteiger partial charge in [0.05, 0.1) is 24.1 Å². The lowest BCUT2D eigenvalue weighted by atomic mass is 9.99. The van der Waals surface area contributed by atoms with Gasteiger partial charge in [-0.25, -0.2) is 19.9 Å². The fraction of sp³-hybridized carbons (Fsp3) is 0.444. The highest BCUT2D eigenvalue weighted by Gasteiger charge is 2.34. The fourth-order valence-corrected chi connectivity index (χ4v) is 5.24. The molecule has 4 aromatic rings. The number of fused-ring (bicyclic) bond motifs is 1. The number of rotatable bonds is 6. The molecule has 5 heterocycles. The van der Waals surface area contributed by atoms with E-state index in [4.69, 9.17) is 19.8 Å². The third-order valence-electron chi connectivity index (χ3n) is 7.22. The van der Waals surface area contributed by atoms with Crippen molar-refractivity contribution in [3.8, 4) is 28.5 Å². The summed E-state index contributed by atoms with van der Waals surface area (Å²) in [5.41, 5.74) is 7.43. The Morgan fingerprint density at radius 1 is 1.11 bits per heavy atom. The monoisotopic (exact) mass is 484 g/mol. The van der Waals surface area contributed by atoms with Crippen molar-refractivity contribution in [2.24, 2.45) is 7.05 Å². The van der Waals surface area contributed by atoms with Crippen molar-refractivity contribution in [1.82, 2.24) is 34.3 Å². The number of nitrogens with zero attached hydrogens (tertiary/aromatic N) is 8. The Morgan fingerprint density at radius 3 is 2.64 bits per heavy atom. The first-order chi connectivity index (χ1) is 17.4. The Kier molecular flexibility index (Phi) is 5.50. The van der Waals surface area contributed by atoms with Gasteiger partial charge in [-0.3, -0.25) is 4.68 Å². The van der Waals surface area contributed by atoms with Crippen LogP contribution in [-0.4, -0.2) is 47.9 Å². The molecular weight excluding hydrogens is 452 g/mol. The number of aromatic nitrogens is 7. The van der Waals surface area contributed by atoms with Crippen LogP contribution in [0, 0.1) is 6.92 Å². The molecule has 2 aliphatic rings. The molecule has 0 amide bonds. The van der Waals surface area contributed by atoms with Crippen LogP contribution >= 0.6 is 0 Å². The van der Waals surface area contributed by atoms with Crippen LogP contribution in [0.3, 0.4) is 0 Å². The molecule has 4 aromatic heterocycles. The van der Waals surface area contributed by atoms with Gasteiger partial charge >= 0.3 is 0 Å². The summed E-state index contributed by atoms with van der Waals surface area (Å²) in [5, 5.41) is 4.95. The zero-order valence-electron chi connectivity index (χ0n) is 21.6. The molecular formula is C27H32N8O. The van der Waals surface area contributed by atoms with E-state index in [0.29, 0.717) is 17.8 Å². The Balaban J connectivity index is 1.34. The smallest absolute Gasteiger partial charge is 0.226 e. The second-order valence-electron chi connectivity index (χ2n) is 10.1. The quantitative estimate of drug-likeness (QED) is 0.399. The minimum absolute atomic E-state index is 0.338. The Bertz CT molecular complexity index is 1410. The van der Waals surface area contributed by atoms with Crippen molar-refractivity contribution in [2.75, 3.05) is 18.6 Å². The van der Waals surface area contributed by atoms with E-state index in [-0.39, 0.29) is 0 Å². The zero-order valence-corrected chi connectivity index (χ0v) is 21.6. The molecule has 0 unspecified atom stereocenters. The highest BCUT2D eigenvalue weighted by Crippen LogP contribution is 2.46. The van der Waals surface area contributed by atoms with Crippen LogP contribution in [-0.2, 0) is 20.0 Å². The number of aryl methyl sites for hydroxylation is 2. The first-order valence-electron chi connectivity index (χ1n) is 12.7. The third kappa shape index (κ3) is 3.83. The minimum atomic E-state index is 0.338. The Hall–Kier alpha value is -3.75. The summed E-state index contributed by atoms with van der Waals surface area (Å²) in [7, 11) is 3.69. The first-order valence-corrected chi connectivity index (χ1v) is 12.7. The standard InChI is InChI=1S/C27H32N8O/c1-16(2)35-13-17(3)31-26(35)19-8-9-22(28-12-19)34-11-10-21-20(14-34)25(32-33(21)4)23-24(18-6-7-18)29-15-30-27(23)36-5/h8-9,12-13,15-16,18H,6-7,10-11,14H2,1-5H3. The van der Waals surface area contributed by atoms with E-state index in [1.54, 1.807) is 13.4 Å². The van der Waals surface area contributed by atoms with Crippen molar-refractivity contribution in [1.29, 1.82) is 0 Å². The number of imidazole rings is 1. The molecule has 0 bridgehead atoms. The van der Waals surface area contributed by atoms with Crippen molar-refractivity contribution < 1.29 is 4.74 Å². The number of ether oxygens (including phenoxy) is 1. The molecule has 9 heteroatoms. The average molecular weight is 485 g/mol. The van der Waals surface area contributed by atoms with Crippen molar-refractivity contribution >= 4 is 5.82 Å². The number of hydrogen-bond acceptors (Lipinski definition) is 7. The van der Waals surface area contributed by atoms with Crippen LogP contribution in [0.5, 0.6) is 5.88 Å². The maximum absolute atomic E-state index is 5.68. The van der Waals surface area contributed by atoms with E-state index >= 15 is 0 Å². The molecule has 1 aliphatic carbocycles. The summed E-state index contributed by atoms with van der Waals surface area (Å²) in [4.78, 5) is 21.0. The van der Waals surface area contributed by atoms with Gasteiger partial charge in [0, 0.05) is 67.7 Å². The average Bonchev–Trinajstić information content (AvgIpc) is 3.59. The minimum Gasteiger partial charge on any atom is -0.480 e. The second kappa shape index (κ2) is 8.72. The molecule has 1 saturated carbocycles. The number of hydrogen-bond donors (Lipinski definition) is 0. The summed E-state index contributed by atoms with van der Waals surface area (Å²) in [6.07, 6.45) is 8.85. The van der Waals surface area contributed by atoms with Gasteiger partial charge in [0.15, 0.2) is 0 Å². The van der Waals surface area contributed by atoms with Gasteiger partial charge in [0.25, 0.3) is 0 Å². The molecule has 0 radical (unpaired) electrons. The summed E-state index contributed by atoms with van der Waals surface area (Å²) < 4.78 is 9.89. The van der Waals surface area contributed by atoms with E-state index in [1.807, 2.05) is 24.9 Å². The number of methoxy groups -OCH3 is 1. The summed E-state index contributed by atoms with van der Waals surface area (Å²) in [5.74, 6) is 2.98. The van der Waals surface area contributed by atoms with E-state index < -0.39 is 0 Å². The van der Waals surface area contributed by atoms with Gasteiger partial charge in [0.1, 0.15) is 23.7 Å². The Morgan fingerprint density at radius 2 is 1.94 bits per heavy atom. The molecule has 1 fully saturated rings. The van der Waals surface area contributed by atoms with E-state index in [9.17, 15) is 0 Å². The maximum atomic E-state index is 5.68. The molecule has 186 valence electrons. The van der Waals surface area contributed by atoms with Crippen LogP contribution in [0.25, 0.3) is 22.6 Å². The lowest BCUT2D eigenvalue weighted by Gasteiger charge is -2.29. The summed E-state index contributed by atoms with van der Waals surface area (Å²) in [6, 6.07) is 4.57. The van der Waals surface area contributed by atoms with E-state index in [0.717, 1.165) is 72.2 Å². The summed E-state index contributed by atoms with van der Waals surface area (Å²) >= 11 is 0. The Labute approximate surface area is 211 Å². The first kappa shape index (κ1) is 22.7. The van der Waals surface area contributed by atoms with Crippen LogP contribution < -0.4 is 9.64 Å². The summed E-state index contributed by atoms with van der Waals surface area (Å²) in [6.45, 7) is 7.99. The highest BCUT2D eigenvalue weighted by atomic mass is 16.5. The van der Waals surface area contributed by atoms with Crippen LogP contribution in [0.1, 0.15) is 61.3 Å². The van der Waals surface area contributed by atoms with Gasteiger partial charge in [-0.15, -0.1) is 0 Å². The van der Waals surface area contributed by atoms with Gasteiger partial charge < -0.3 is 14.2 Å². The second-order valence-corrected chi connectivity index (χ2v) is 10.1. The molecule has 6 rings (SSSR count). The van der Waals surface area contributed by atoms with Crippen LogP contribution in [0.15, 0.2) is 30.9 Å². The van der Waals surface area contributed by atoms with Crippen molar-refractivity contribution in [2.45, 2.75) is 58.5 Å². The van der Waals surface area contributed by atoms with Gasteiger partial charge in [-0.2, -0.15) is 5.10 Å². The lowest BCUT2D eigenvalue weighted by molar-refractivity contribution is 0.397. The van der Waals surface area contributed by atoms with Gasteiger partial charge in [-0.1, -0.05) is 0 Å². The fourth-order valence-electron chi connectivity index (χ4n) is 5.24. The highest BCUT2D eigenvalue weighted by molar-refractivity contribution is 5.73. The predicted octanol–water partition coefficient (Wildman–Crippen LogP) is 4.47. The maximum Gasteiger partial charge on any atom is 0.226 e. The third-order valence-corrected chi connectivity index (χ3v) is 7.22. The SMILES string of the molecule is COc1ncnc(C2CC2)c1-c1nn(C)c2c1CN(c1ccc(-c3nc(C)cn3C(C)C)cn1)CC2. The molecule has 0 N–H and O–H groups in total. The normalized spacial score (nSPS) is 15.4. The van der Waals surface area contributed by atoms with Crippen LogP contribution in [0.2, 0.25) is 0 Å². The molecule has 36 heavy (non-hydrogen) atoms. The van der Waals surface area contributed by atoms with Crippen molar-refractivity contribution in [3.63, 3.8) is 0 Å². The lowest BCUT2D eigenvalue weighted by Crippen LogP contribution is -2.31. The number of pyridine rings is 1. The van der Waals surface area contributed by atoms with Gasteiger partial charge in [-0.05, 0) is 45.7 Å². The van der Waals surface area contributed by atoms with Crippen LogP contribution in [0.4, 0.5) is 5.82 Å². The number of anilines is 1. The molecule has 0 atom stereocenters. The molecule has 0 aromatic carbocycles. The van der Waals surface area contributed by atoms with Crippen molar-refractivity contribution in [3.05, 3.63) is 53.5 Å². The topological polar surface area (TPSA) is 86.8 Å². The van der Waals surface area contributed by atoms with E-state index in [2.05, 4.69) is 51.6 Å². The largest absolute Gasteiger partial charge is 0.480 e.